The lowest BCUT2D eigenvalue weighted by Gasteiger charge is -2.10. The van der Waals surface area contributed by atoms with Crippen LogP contribution in [0.5, 0.6) is 0 Å². The molecule has 2 aromatic carbocycles. The normalized spacial score (nSPS) is 11.0. The maximum Gasteiger partial charge on any atom is 0.210 e. The van der Waals surface area contributed by atoms with Gasteiger partial charge in [-0.2, -0.15) is 0 Å². The summed E-state index contributed by atoms with van der Waals surface area (Å²) in [6, 6.07) is 16.5. The molecule has 5 nitrogen and oxygen atoms in total. The van der Waals surface area contributed by atoms with E-state index in [1.807, 2.05) is 12.1 Å². The van der Waals surface area contributed by atoms with Crippen molar-refractivity contribution in [3.63, 3.8) is 0 Å². The monoisotopic (exact) mass is 425 g/mol. The smallest absolute Gasteiger partial charge is 0.210 e. The molecule has 8 heteroatoms. The van der Waals surface area contributed by atoms with E-state index in [-0.39, 0.29) is 0 Å². The Bertz CT molecular complexity index is 1090. The third kappa shape index (κ3) is 4.22. The predicted molar refractivity (Wildman–Crippen MR) is 115 cm³/mol. The Balaban J connectivity index is 1.72. The molecule has 0 aliphatic heterocycles. The first-order chi connectivity index (χ1) is 13.6. The van der Waals surface area contributed by atoms with Crippen molar-refractivity contribution >= 4 is 34.9 Å². The Morgan fingerprint density at radius 3 is 2.00 bits per heavy atom. The molecule has 0 radical (unpaired) electrons. The lowest BCUT2D eigenvalue weighted by atomic mass is 10.0. The lowest BCUT2D eigenvalue weighted by Crippen LogP contribution is -1.99. The predicted octanol–water partition coefficient (Wildman–Crippen LogP) is 5.62. The van der Waals surface area contributed by atoms with Crippen LogP contribution in [0, 0.1) is 13.8 Å². The first-order valence-electron chi connectivity index (χ1n) is 8.58. The fourth-order valence-corrected chi connectivity index (χ4v) is 4.13. The molecule has 2 aromatic heterocycles. The molecule has 0 N–H and O–H groups in total. The van der Waals surface area contributed by atoms with Gasteiger partial charge in [-0.3, -0.25) is 0 Å². The molecule has 0 atom stereocenters. The molecule has 0 saturated heterocycles. The van der Waals surface area contributed by atoms with E-state index < -0.39 is 0 Å². The van der Waals surface area contributed by atoms with E-state index in [0.29, 0.717) is 15.2 Å². The number of hydrogen-bond acceptors (Lipinski definition) is 7. The van der Waals surface area contributed by atoms with Gasteiger partial charge in [-0.1, -0.05) is 87.5 Å². The second-order valence-corrected chi connectivity index (χ2v) is 8.60. The molecule has 4 rings (SSSR count). The molecule has 4 aromatic rings. The van der Waals surface area contributed by atoms with E-state index in [9.17, 15) is 0 Å². The van der Waals surface area contributed by atoms with Crippen LogP contribution in [0.1, 0.15) is 16.8 Å². The largest absolute Gasteiger partial charge is 0.219 e. The van der Waals surface area contributed by atoms with Crippen molar-refractivity contribution < 1.29 is 0 Å². The SMILES string of the molecule is Cc1ccc(-c2nnc(SCc3nnsc3Cl)nc2-c2ccc(C)cc2)cc1. The topological polar surface area (TPSA) is 64.5 Å². The van der Waals surface area contributed by atoms with Crippen LogP contribution in [0.3, 0.4) is 0 Å². The third-order valence-electron chi connectivity index (χ3n) is 4.16. The quantitative estimate of drug-likeness (QED) is 0.386. The van der Waals surface area contributed by atoms with Gasteiger partial charge in [0.05, 0.1) is 0 Å². The van der Waals surface area contributed by atoms with Gasteiger partial charge in [0.1, 0.15) is 21.4 Å². The van der Waals surface area contributed by atoms with E-state index in [4.69, 9.17) is 16.6 Å². The fraction of sp³-hybridized carbons (Fsp3) is 0.150. The van der Waals surface area contributed by atoms with Gasteiger partial charge in [-0.15, -0.1) is 15.3 Å². The zero-order valence-electron chi connectivity index (χ0n) is 15.3. The van der Waals surface area contributed by atoms with E-state index in [1.54, 1.807) is 0 Å². The number of hydrogen-bond donors (Lipinski definition) is 0. The summed E-state index contributed by atoms with van der Waals surface area (Å²) in [4.78, 5) is 4.80. The van der Waals surface area contributed by atoms with Gasteiger partial charge in [0.15, 0.2) is 0 Å². The summed E-state index contributed by atoms with van der Waals surface area (Å²) in [7, 11) is 0. The zero-order valence-corrected chi connectivity index (χ0v) is 17.6. The molecular weight excluding hydrogens is 410 g/mol. The summed E-state index contributed by atoms with van der Waals surface area (Å²) in [5.41, 5.74) is 6.70. The van der Waals surface area contributed by atoms with Crippen molar-refractivity contribution in [2.75, 3.05) is 0 Å². The van der Waals surface area contributed by atoms with Crippen LogP contribution in [-0.2, 0) is 5.75 Å². The summed E-state index contributed by atoms with van der Waals surface area (Å²) in [5.74, 6) is 0.550. The fourth-order valence-electron chi connectivity index (χ4n) is 2.61. The summed E-state index contributed by atoms with van der Waals surface area (Å²) in [6.45, 7) is 4.13. The minimum atomic E-state index is 0.550. The molecule has 28 heavy (non-hydrogen) atoms. The van der Waals surface area contributed by atoms with E-state index in [2.05, 4.69) is 70.0 Å². The minimum Gasteiger partial charge on any atom is -0.219 e. The van der Waals surface area contributed by atoms with Crippen molar-refractivity contribution in [2.45, 2.75) is 24.8 Å². The number of thioether (sulfide) groups is 1. The molecule has 0 bridgehead atoms. The molecule has 0 unspecified atom stereocenters. The number of benzene rings is 2. The first-order valence-corrected chi connectivity index (χ1v) is 10.7. The van der Waals surface area contributed by atoms with Crippen molar-refractivity contribution in [3.05, 3.63) is 69.7 Å². The molecule has 0 saturated carbocycles. The summed E-state index contributed by atoms with van der Waals surface area (Å²) in [6.07, 6.45) is 0. The standard InChI is InChI=1S/C20H16ClN5S2/c1-12-3-7-14(8-4-12)17-18(15-9-5-13(2)6-10-15)24-25-20(22-17)27-11-16-19(21)28-26-23-16/h3-10H,11H2,1-2H3. The maximum atomic E-state index is 6.09. The molecule has 0 amide bonds. The summed E-state index contributed by atoms with van der Waals surface area (Å²) < 4.78 is 4.45. The van der Waals surface area contributed by atoms with Crippen LogP contribution in [0.2, 0.25) is 4.34 Å². The van der Waals surface area contributed by atoms with E-state index in [1.165, 1.54) is 34.4 Å². The van der Waals surface area contributed by atoms with Crippen molar-refractivity contribution in [3.8, 4) is 22.5 Å². The van der Waals surface area contributed by atoms with Crippen LogP contribution in [0.4, 0.5) is 0 Å². The van der Waals surface area contributed by atoms with Crippen LogP contribution >= 0.6 is 34.9 Å². The second-order valence-electron chi connectivity index (χ2n) is 6.31. The maximum absolute atomic E-state index is 6.09. The molecular formula is C20H16ClN5S2. The molecule has 2 heterocycles. The van der Waals surface area contributed by atoms with Crippen LogP contribution in [-0.4, -0.2) is 24.8 Å². The summed E-state index contributed by atoms with van der Waals surface area (Å²) in [5, 5.41) is 13.4. The van der Waals surface area contributed by atoms with Gasteiger partial charge < -0.3 is 0 Å². The Kier molecular flexibility index (Phi) is 5.66. The number of rotatable bonds is 5. The van der Waals surface area contributed by atoms with Crippen molar-refractivity contribution in [2.24, 2.45) is 0 Å². The Morgan fingerprint density at radius 2 is 1.43 bits per heavy atom. The van der Waals surface area contributed by atoms with Crippen LogP contribution in [0.25, 0.3) is 22.5 Å². The Morgan fingerprint density at radius 1 is 0.821 bits per heavy atom. The average molecular weight is 426 g/mol. The highest BCUT2D eigenvalue weighted by molar-refractivity contribution is 7.98. The number of aryl methyl sites for hydroxylation is 2. The average Bonchev–Trinajstić information content (AvgIpc) is 3.12. The van der Waals surface area contributed by atoms with Gasteiger partial charge in [0, 0.05) is 28.4 Å². The van der Waals surface area contributed by atoms with Gasteiger partial charge >= 0.3 is 0 Å². The number of nitrogens with zero attached hydrogens (tertiary/aromatic N) is 5. The van der Waals surface area contributed by atoms with Gasteiger partial charge in [0.25, 0.3) is 0 Å². The number of aromatic nitrogens is 5. The Labute approximate surface area is 176 Å². The minimum absolute atomic E-state index is 0.550. The molecule has 140 valence electrons. The van der Waals surface area contributed by atoms with Gasteiger partial charge in [-0.25, -0.2) is 4.98 Å². The lowest BCUT2D eigenvalue weighted by molar-refractivity contribution is 0.849. The molecule has 0 fully saturated rings. The van der Waals surface area contributed by atoms with Crippen molar-refractivity contribution in [1.29, 1.82) is 0 Å². The Hall–Kier alpha value is -2.35. The van der Waals surface area contributed by atoms with Gasteiger partial charge in [0.2, 0.25) is 5.16 Å². The third-order valence-corrected chi connectivity index (χ3v) is 6.00. The zero-order chi connectivity index (χ0) is 19.5. The van der Waals surface area contributed by atoms with Crippen molar-refractivity contribution in [1.82, 2.24) is 24.8 Å². The molecule has 0 aliphatic carbocycles. The highest BCUT2D eigenvalue weighted by atomic mass is 35.5. The molecule has 0 spiro atoms. The highest BCUT2D eigenvalue weighted by Gasteiger charge is 2.15. The number of halogens is 1. The van der Waals surface area contributed by atoms with Gasteiger partial charge in [-0.05, 0) is 13.8 Å². The second kappa shape index (κ2) is 8.34. The van der Waals surface area contributed by atoms with Crippen LogP contribution < -0.4 is 0 Å². The first kappa shape index (κ1) is 19.0. The van der Waals surface area contributed by atoms with Crippen LogP contribution in [0.15, 0.2) is 53.7 Å². The van der Waals surface area contributed by atoms with E-state index in [0.717, 1.165) is 28.2 Å². The summed E-state index contributed by atoms with van der Waals surface area (Å²) >= 11 is 8.71. The highest BCUT2D eigenvalue weighted by Crippen LogP contribution is 2.31. The molecule has 0 aliphatic rings. The van der Waals surface area contributed by atoms with E-state index >= 15 is 0 Å².